The van der Waals surface area contributed by atoms with Gasteiger partial charge >= 0.3 is 30.0 Å². The summed E-state index contributed by atoms with van der Waals surface area (Å²) in [6.07, 6.45) is 29.6. The highest BCUT2D eigenvalue weighted by molar-refractivity contribution is 6.30. The Hall–Kier alpha value is -13.8. The summed E-state index contributed by atoms with van der Waals surface area (Å²) in [7, 11) is 8.14. The second-order valence-electron chi connectivity index (χ2n) is 43.7. The van der Waals surface area contributed by atoms with Crippen LogP contribution in [0, 0.1) is 0 Å². The van der Waals surface area contributed by atoms with Gasteiger partial charge in [-0.05, 0) is 204 Å². The summed E-state index contributed by atoms with van der Waals surface area (Å²) in [6.45, 7) is 49.7. The van der Waals surface area contributed by atoms with E-state index in [1.54, 1.807) is 12.1 Å². The summed E-state index contributed by atoms with van der Waals surface area (Å²) in [6, 6.07) is 73.4. The number of aromatic nitrogens is 3. The number of allylic oxidation sites excluding steroid dienone is 17. The Morgan fingerprint density at radius 3 is 1.13 bits per heavy atom. The van der Waals surface area contributed by atoms with Crippen molar-refractivity contribution >= 4 is 114 Å². The zero-order chi connectivity index (χ0) is 108. The lowest BCUT2D eigenvalue weighted by atomic mass is 9.81. The Bertz CT molecular complexity index is 7650. The Morgan fingerprint density at radius 2 is 0.660 bits per heavy atom. The first-order valence-electron chi connectivity index (χ1n) is 53.2. The van der Waals surface area contributed by atoms with E-state index < -0.39 is 34.3 Å². The van der Waals surface area contributed by atoms with E-state index in [4.69, 9.17) is 24.9 Å². The van der Waals surface area contributed by atoms with Gasteiger partial charge in [0.1, 0.15) is 33.7 Å². The van der Waals surface area contributed by atoms with E-state index in [1.165, 1.54) is 109 Å². The molecule has 20 heteroatoms. The van der Waals surface area contributed by atoms with Gasteiger partial charge in [-0.25, -0.2) is 0 Å². The number of likely N-dealkylation sites (N-methyl/N-ethyl adjacent to an activating group) is 2. The fraction of sp³-hybridized carbons (Fsp3) is 0.346. The third-order valence-corrected chi connectivity index (χ3v) is 31.7. The molecule has 150 heavy (non-hydrogen) atoms. The number of hydrogen-bond acceptors (Lipinski definition) is 8. The molecule has 0 fully saturated rings. The van der Waals surface area contributed by atoms with Crippen LogP contribution in [-0.2, 0) is 70.4 Å². The molecule has 3 aromatic heterocycles. The van der Waals surface area contributed by atoms with Gasteiger partial charge in [0.25, 0.3) is 16.6 Å². The lowest BCUT2D eigenvalue weighted by Crippen LogP contribution is -2.33. The van der Waals surface area contributed by atoms with E-state index >= 15 is 0 Å². The van der Waals surface area contributed by atoms with Gasteiger partial charge in [-0.15, -0.1) is 0 Å². The van der Waals surface area contributed by atoms with Crippen molar-refractivity contribution in [3.8, 4) is 0 Å². The average molecular weight is 2050 g/mol. The molecular formula is C130H148ClF6N10O3+5. The first-order chi connectivity index (χ1) is 71.3. The lowest BCUT2D eigenvalue weighted by molar-refractivity contribution is -0.674. The first kappa shape index (κ1) is 109. The van der Waals surface area contributed by atoms with Crippen molar-refractivity contribution in [2.75, 3.05) is 71.8 Å². The summed E-state index contributed by atoms with van der Waals surface area (Å²) in [5.74, 6) is 2.30. The minimum Gasteiger partial charge on any atom is -0.398 e. The van der Waals surface area contributed by atoms with Crippen LogP contribution in [0.4, 0.5) is 66.2 Å². The predicted molar refractivity (Wildman–Crippen MR) is 609 cm³/mol. The lowest BCUT2D eigenvalue weighted by Gasteiger charge is -2.26. The topological polar surface area (TPSA) is 73.3 Å². The zero-order valence-corrected chi connectivity index (χ0v) is 92.6. The van der Waals surface area contributed by atoms with E-state index in [0.717, 1.165) is 150 Å². The van der Waals surface area contributed by atoms with E-state index in [2.05, 4.69) is 339 Å². The summed E-state index contributed by atoms with van der Waals surface area (Å²) >= 11 is 6.34. The van der Waals surface area contributed by atoms with Crippen LogP contribution in [0.2, 0.25) is 5.02 Å². The molecule has 0 N–H and O–H groups in total. The molecule has 0 unspecified atom stereocenters. The summed E-state index contributed by atoms with van der Waals surface area (Å²) < 4.78 is 109. The predicted octanol–water partition coefficient (Wildman–Crippen LogP) is 32.4. The van der Waals surface area contributed by atoms with E-state index in [-0.39, 0.29) is 27.1 Å². The number of unbranched alkanes of at least 4 members (excludes halogenated alkanes) is 2. The molecule has 13 nitrogen and oxygen atoms in total. The molecule has 7 aliphatic heterocycles. The van der Waals surface area contributed by atoms with Gasteiger partial charge in [0.2, 0.25) is 28.1 Å². The maximum atomic E-state index is 13.4. The number of alkyl halides is 6. The third kappa shape index (κ3) is 20.8. The maximum Gasteiger partial charge on any atom is 0.416 e. The standard InChI is InChI=1S/C29H37N2.C27H30F3N2O.C26H30ClN2O.C25H29N2.C23H22F3N2O/c1-7-20-30-24-16-11-9-14-22(24)28(3,4)26(30)18-13-19-27-29(5,6)23-15-10-12-17-25(23)31(27)21-8-2;1-5-7-17-32-21-16-15-19(27(28,29)30)18-20(21)26(3,4)24(32)13-10-14-25-31(6-2)22-11-8-9-12-23(22)33-25;1-5-7-17-29-21-16-15-19(27)18-20(21)26(3,4)24(29)13-10-14-25-28(6-2)22-11-8-9-12-23(22)30-25;1-24(2)18-12-7-9-14-20(18)26(5)22(24)16-11-17-23-25(3,4)19-13-8-10-15-21(19)27(23)6;1-22(2)16-14-15(23(24,25)26)12-13-17(16)27(3)20(22)10-7-11-21-28(4)18-8-5-6-9-19(18)29-21/h9-19H,7-8,20-21H2,1-6H3;8-16,18H,5-7,17H2,1-4H3;8-16,18H,5-7,17H2,1-4H3;7-17H,1-6H3;5-14H,1-4H3/q5*+1. The Labute approximate surface area is 889 Å². The summed E-state index contributed by atoms with van der Waals surface area (Å²) in [4.78, 5) is 11.4. The highest BCUT2D eigenvalue weighted by Gasteiger charge is 2.49. The molecule has 0 amide bonds. The fourth-order valence-corrected chi connectivity index (χ4v) is 23.5. The van der Waals surface area contributed by atoms with Crippen molar-refractivity contribution in [3.05, 3.63) is 399 Å². The van der Waals surface area contributed by atoms with Crippen LogP contribution in [-0.4, -0.2) is 67.9 Å². The van der Waals surface area contributed by atoms with Crippen LogP contribution in [0.25, 0.3) is 51.5 Å². The number of benzene rings is 10. The molecule has 7 aliphatic rings. The Balaban J connectivity index is 0.000000134. The van der Waals surface area contributed by atoms with Crippen molar-refractivity contribution in [1.29, 1.82) is 0 Å². The molecule has 20 rings (SSSR count). The van der Waals surface area contributed by atoms with Crippen LogP contribution in [0.5, 0.6) is 0 Å². The zero-order valence-electron chi connectivity index (χ0n) is 91.9. The molecule has 0 saturated carbocycles. The minimum absolute atomic E-state index is 0.0119. The number of para-hydroxylation sites is 10. The molecule has 0 bridgehead atoms. The number of nitrogens with zero attached hydrogens (tertiary/aromatic N) is 10. The molecular weight excluding hydrogens is 1900 g/mol. The highest BCUT2D eigenvalue weighted by atomic mass is 35.5. The molecule has 13 aromatic rings. The maximum absolute atomic E-state index is 13.4. The Kier molecular flexibility index (Phi) is 31.7. The van der Waals surface area contributed by atoms with Gasteiger partial charge in [0.15, 0.2) is 11.4 Å². The molecule has 0 saturated heterocycles. The van der Waals surface area contributed by atoms with Gasteiger partial charge in [0, 0.05) is 183 Å². The largest absolute Gasteiger partial charge is 0.416 e. The first-order valence-corrected chi connectivity index (χ1v) is 53.6. The molecule has 10 heterocycles. The molecule has 0 spiro atoms. The quantitative estimate of drug-likeness (QED) is 0.0491. The number of aryl methyl sites for hydroxylation is 3. The minimum atomic E-state index is -4.36. The highest BCUT2D eigenvalue weighted by Crippen LogP contribution is 2.55. The normalized spacial score (nSPS) is 18.5. The van der Waals surface area contributed by atoms with E-state index in [1.807, 2.05) is 154 Å². The van der Waals surface area contributed by atoms with Crippen molar-refractivity contribution in [1.82, 2.24) is 0 Å². The third-order valence-electron chi connectivity index (χ3n) is 31.5. The number of rotatable bonds is 22. The monoisotopic (exact) mass is 2050 g/mol. The fourth-order valence-electron chi connectivity index (χ4n) is 23.3. The smallest absolute Gasteiger partial charge is 0.398 e. The van der Waals surface area contributed by atoms with Gasteiger partial charge in [-0.1, -0.05) is 261 Å². The SMILES string of the molecule is CCCCN1/C(=C/C=C/c2oc3ccccc3[n+]2CC)C(C)(C)c2cc(C(F)(F)F)ccc21.CCCCN1C(=CC=Cc2oc3ccccc3[n+]2CC)C(C)(C)c2cc(Cl)ccc21.CCCN1/C(=C/C=C/C2=[N+](CCC)c3ccccc3C2(C)C)C(C)(C)c2ccccc21.CN1/C(=C/C=C/C2=[N+](C)c3ccccc3C2(C)C)C(C)(C)c2ccccc21.CN1/C(=C/C=C/c2oc3ccccc3[n+]2C)C(C)(C)c2cc(C(F)(F)F)ccc21. The molecule has 0 aliphatic carbocycles. The number of anilines is 5. The number of hydrogen-bond donors (Lipinski definition) is 0. The molecule has 10 aromatic carbocycles. The van der Waals surface area contributed by atoms with E-state index in [9.17, 15) is 26.3 Å². The van der Waals surface area contributed by atoms with Crippen LogP contribution >= 0.6 is 11.6 Å². The molecule has 0 radical (unpaired) electrons. The molecule has 780 valence electrons. The summed E-state index contributed by atoms with van der Waals surface area (Å²) in [5.41, 5.74) is 28.5. The number of halogens is 7. The van der Waals surface area contributed by atoms with Gasteiger partial charge in [-0.3, -0.25) is 0 Å². The van der Waals surface area contributed by atoms with Crippen molar-refractivity contribution < 1.29 is 62.4 Å². The second kappa shape index (κ2) is 43.7. The Morgan fingerprint density at radius 1 is 0.320 bits per heavy atom. The average Bonchev–Trinajstić information content (AvgIpc) is 1.57. The number of oxazole rings is 3. The molecule has 0 atom stereocenters. The van der Waals surface area contributed by atoms with Crippen LogP contribution < -0.4 is 38.2 Å². The van der Waals surface area contributed by atoms with Gasteiger partial charge < -0.3 is 37.8 Å². The van der Waals surface area contributed by atoms with E-state index in [0.29, 0.717) is 17.0 Å². The van der Waals surface area contributed by atoms with Crippen LogP contribution in [0.3, 0.4) is 0 Å². The summed E-state index contributed by atoms with van der Waals surface area (Å²) in [5, 5.41) is 0.792. The van der Waals surface area contributed by atoms with Gasteiger partial charge in [0.05, 0.1) is 40.2 Å². The van der Waals surface area contributed by atoms with Gasteiger partial charge in [-0.2, -0.15) is 49.2 Å². The second-order valence-corrected chi connectivity index (χ2v) is 44.1. The number of fused-ring (bicyclic) bond motifs is 10. The van der Waals surface area contributed by atoms with Crippen molar-refractivity contribution in [2.24, 2.45) is 7.05 Å². The van der Waals surface area contributed by atoms with Crippen molar-refractivity contribution in [2.45, 2.75) is 240 Å². The van der Waals surface area contributed by atoms with Crippen LogP contribution in [0.15, 0.2) is 339 Å². The van der Waals surface area contributed by atoms with Crippen LogP contribution in [0.1, 0.15) is 245 Å². The van der Waals surface area contributed by atoms with Crippen molar-refractivity contribution in [3.63, 3.8) is 0 Å².